The van der Waals surface area contributed by atoms with E-state index >= 15 is 0 Å². The number of nitrogens with one attached hydrogen (secondary N) is 2. The number of piperidine rings is 1. The van der Waals surface area contributed by atoms with Crippen molar-refractivity contribution in [3.63, 3.8) is 0 Å². The molecule has 1 fully saturated rings. The minimum Gasteiger partial charge on any atom is -0.487 e. The van der Waals surface area contributed by atoms with Crippen LogP contribution in [0.25, 0.3) is 0 Å². The van der Waals surface area contributed by atoms with Gasteiger partial charge in [-0.15, -0.1) is 0 Å². The summed E-state index contributed by atoms with van der Waals surface area (Å²) in [6.07, 6.45) is 3.32. The van der Waals surface area contributed by atoms with E-state index in [1.807, 2.05) is 36.1 Å². The van der Waals surface area contributed by atoms with Crippen molar-refractivity contribution >= 4 is 23.2 Å². The van der Waals surface area contributed by atoms with Crippen LogP contribution in [0.2, 0.25) is 0 Å². The number of nitrogens with zero attached hydrogens (tertiary/aromatic N) is 1. The van der Waals surface area contributed by atoms with Crippen molar-refractivity contribution in [2.45, 2.75) is 26.2 Å². The molecule has 1 saturated heterocycles. The molecule has 0 spiro atoms. The van der Waals surface area contributed by atoms with Gasteiger partial charge in [0.2, 0.25) is 5.91 Å². The number of carbonyl (C=O) groups is 2. The average molecular weight is 408 g/mol. The first kappa shape index (κ1) is 21.4. The molecule has 158 valence electrons. The highest BCUT2D eigenvalue weighted by Crippen LogP contribution is 2.24. The zero-order chi connectivity index (χ0) is 21.3. The van der Waals surface area contributed by atoms with E-state index in [1.54, 1.807) is 24.3 Å². The zero-order valence-corrected chi connectivity index (χ0v) is 17.4. The molecule has 0 unspecified atom stereocenters. The second-order valence-corrected chi connectivity index (χ2v) is 7.57. The molecule has 0 aromatic heterocycles. The third kappa shape index (κ3) is 6.11. The normalized spacial score (nSPS) is 13.4. The van der Waals surface area contributed by atoms with Gasteiger partial charge in [0.25, 0.3) is 5.91 Å². The fraction of sp³-hybridized carbons (Fsp3) is 0.333. The van der Waals surface area contributed by atoms with E-state index in [0.29, 0.717) is 23.6 Å². The first-order valence-corrected chi connectivity index (χ1v) is 10.3. The number of ether oxygens (including phenoxy) is 1. The van der Waals surface area contributed by atoms with E-state index in [-0.39, 0.29) is 18.4 Å². The van der Waals surface area contributed by atoms with Crippen LogP contribution in [-0.4, -0.2) is 43.0 Å². The van der Waals surface area contributed by atoms with E-state index in [0.717, 1.165) is 37.2 Å². The third-order valence-electron chi connectivity index (χ3n) is 4.86. The summed E-state index contributed by atoms with van der Waals surface area (Å²) in [5, 5.41) is 5.95. The van der Waals surface area contributed by atoms with Crippen molar-refractivity contribution in [1.29, 1.82) is 0 Å². The van der Waals surface area contributed by atoms with Gasteiger partial charge in [-0.1, -0.05) is 18.7 Å². The van der Waals surface area contributed by atoms with Gasteiger partial charge in [0.05, 0.1) is 12.2 Å². The summed E-state index contributed by atoms with van der Waals surface area (Å²) in [5.74, 6) is 0.550. The molecular formula is C24H29N3O3. The number of amides is 2. The minimum absolute atomic E-state index is 0.0561. The van der Waals surface area contributed by atoms with Gasteiger partial charge in [0.1, 0.15) is 12.4 Å². The summed E-state index contributed by atoms with van der Waals surface area (Å²) >= 11 is 0. The molecule has 1 aliphatic heterocycles. The molecule has 30 heavy (non-hydrogen) atoms. The van der Waals surface area contributed by atoms with Crippen molar-refractivity contribution in [3.05, 3.63) is 66.2 Å². The molecule has 2 amide bonds. The fourth-order valence-corrected chi connectivity index (χ4v) is 3.30. The highest BCUT2D eigenvalue weighted by Gasteiger charge is 2.18. The van der Waals surface area contributed by atoms with Gasteiger partial charge in [0.15, 0.2) is 0 Å². The summed E-state index contributed by atoms with van der Waals surface area (Å²) < 4.78 is 5.71. The molecule has 3 rings (SSSR count). The Balaban J connectivity index is 1.52. The number of para-hydroxylation sites is 2. The molecule has 0 aliphatic carbocycles. The fourth-order valence-electron chi connectivity index (χ4n) is 3.30. The Hall–Kier alpha value is -3.28. The Kier molecular flexibility index (Phi) is 7.49. The van der Waals surface area contributed by atoms with Gasteiger partial charge in [-0.25, -0.2) is 0 Å². The molecule has 2 aromatic carbocycles. The molecule has 6 nitrogen and oxygen atoms in total. The molecular weight excluding hydrogens is 378 g/mol. The van der Waals surface area contributed by atoms with Crippen molar-refractivity contribution < 1.29 is 14.3 Å². The largest absolute Gasteiger partial charge is 0.487 e. The highest BCUT2D eigenvalue weighted by atomic mass is 16.5. The molecule has 6 heteroatoms. The third-order valence-corrected chi connectivity index (χ3v) is 4.86. The molecule has 0 radical (unpaired) electrons. The number of hydrogen-bond donors (Lipinski definition) is 2. The summed E-state index contributed by atoms with van der Waals surface area (Å²) in [6.45, 7) is 7.89. The number of benzene rings is 2. The minimum atomic E-state index is -0.181. The number of rotatable bonds is 8. The van der Waals surface area contributed by atoms with Gasteiger partial charge in [0, 0.05) is 24.3 Å². The van der Waals surface area contributed by atoms with Gasteiger partial charge in [-0.3, -0.25) is 9.59 Å². The van der Waals surface area contributed by atoms with Crippen LogP contribution in [0.4, 0.5) is 11.4 Å². The molecule has 2 aromatic rings. The van der Waals surface area contributed by atoms with Crippen LogP contribution in [0.3, 0.4) is 0 Å². The predicted octanol–water partition coefficient (Wildman–Crippen LogP) is 4.32. The smallest absolute Gasteiger partial charge is 0.253 e. The Morgan fingerprint density at radius 2 is 1.73 bits per heavy atom. The highest BCUT2D eigenvalue weighted by molar-refractivity contribution is 5.96. The van der Waals surface area contributed by atoms with E-state index in [9.17, 15) is 9.59 Å². The molecule has 0 atom stereocenters. The van der Waals surface area contributed by atoms with Gasteiger partial charge < -0.3 is 20.3 Å². The van der Waals surface area contributed by atoms with Crippen molar-refractivity contribution in [3.8, 4) is 5.75 Å². The van der Waals surface area contributed by atoms with Crippen molar-refractivity contribution in [2.24, 2.45) is 0 Å². The maximum Gasteiger partial charge on any atom is 0.253 e. The Labute approximate surface area is 177 Å². The lowest BCUT2D eigenvalue weighted by atomic mass is 10.1. The lowest BCUT2D eigenvalue weighted by Gasteiger charge is -2.26. The molecule has 0 saturated carbocycles. The summed E-state index contributed by atoms with van der Waals surface area (Å²) in [7, 11) is 0. The van der Waals surface area contributed by atoms with Crippen LogP contribution in [0.5, 0.6) is 5.75 Å². The summed E-state index contributed by atoms with van der Waals surface area (Å²) in [4.78, 5) is 26.8. The van der Waals surface area contributed by atoms with Crippen LogP contribution in [0, 0.1) is 0 Å². The molecule has 2 N–H and O–H groups in total. The molecule has 0 bridgehead atoms. The van der Waals surface area contributed by atoms with Crippen LogP contribution >= 0.6 is 0 Å². The van der Waals surface area contributed by atoms with Crippen LogP contribution in [-0.2, 0) is 4.79 Å². The van der Waals surface area contributed by atoms with Crippen LogP contribution in [0.15, 0.2) is 60.7 Å². The van der Waals surface area contributed by atoms with Crippen molar-refractivity contribution in [1.82, 2.24) is 4.90 Å². The molecule has 1 heterocycles. The Morgan fingerprint density at radius 3 is 2.43 bits per heavy atom. The Bertz CT molecular complexity index is 887. The van der Waals surface area contributed by atoms with Crippen LogP contribution < -0.4 is 15.4 Å². The van der Waals surface area contributed by atoms with Gasteiger partial charge in [-0.05, 0) is 68.2 Å². The SMILES string of the molecule is C=C(C)COc1ccccc1NCC(=O)Nc1ccc(C(=O)N2CCCCC2)cc1. The topological polar surface area (TPSA) is 70.7 Å². The van der Waals surface area contributed by atoms with E-state index in [4.69, 9.17) is 4.74 Å². The maximum atomic E-state index is 12.5. The first-order valence-electron chi connectivity index (χ1n) is 10.3. The molecule has 1 aliphatic rings. The Morgan fingerprint density at radius 1 is 1.03 bits per heavy atom. The monoisotopic (exact) mass is 407 g/mol. The standard InChI is InChI=1S/C24H29N3O3/c1-18(2)17-30-22-9-5-4-8-21(22)25-16-23(28)26-20-12-10-19(11-13-20)24(29)27-14-6-3-7-15-27/h4-5,8-13,25H,1,3,6-7,14-17H2,2H3,(H,26,28). The lowest BCUT2D eigenvalue weighted by Crippen LogP contribution is -2.35. The van der Waals surface area contributed by atoms with E-state index in [2.05, 4.69) is 17.2 Å². The number of hydrogen-bond acceptors (Lipinski definition) is 4. The average Bonchev–Trinajstić information content (AvgIpc) is 2.77. The summed E-state index contributed by atoms with van der Waals surface area (Å²) in [6, 6.07) is 14.5. The van der Waals surface area contributed by atoms with Gasteiger partial charge >= 0.3 is 0 Å². The quantitative estimate of drug-likeness (QED) is 0.640. The lowest BCUT2D eigenvalue weighted by molar-refractivity contribution is -0.114. The number of likely N-dealkylation sites (tertiary alicyclic amines) is 1. The van der Waals surface area contributed by atoms with Gasteiger partial charge in [-0.2, -0.15) is 0 Å². The van der Waals surface area contributed by atoms with Crippen molar-refractivity contribution in [2.75, 3.05) is 36.9 Å². The predicted molar refractivity (Wildman–Crippen MR) is 120 cm³/mol. The number of carbonyl (C=O) groups excluding carboxylic acids is 2. The van der Waals surface area contributed by atoms with E-state index < -0.39 is 0 Å². The zero-order valence-electron chi connectivity index (χ0n) is 17.4. The first-order chi connectivity index (χ1) is 14.5. The summed E-state index contributed by atoms with van der Waals surface area (Å²) in [5.41, 5.74) is 2.97. The second kappa shape index (κ2) is 10.5. The number of anilines is 2. The van der Waals surface area contributed by atoms with E-state index in [1.165, 1.54) is 6.42 Å². The van der Waals surface area contributed by atoms with Crippen LogP contribution in [0.1, 0.15) is 36.5 Å². The second-order valence-electron chi connectivity index (χ2n) is 7.57. The maximum absolute atomic E-state index is 12.5.